The Labute approximate surface area is 175 Å². The lowest BCUT2D eigenvalue weighted by atomic mass is 10.0. The maximum atomic E-state index is 4.28. The number of pyridine rings is 1. The molecule has 1 unspecified atom stereocenters. The highest BCUT2D eigenvalue weighted by atomic mass is 15.2. The van der Waals surface area contributed by atoms with E-state index in [1.165, 1.54) is 49.2 Å². The van der Waals surface area contributed by atoms with E-state index >= 15 is 0 Å². The predicted octanol–water partition coefficient (Wildman–Crippen LogP) is 1.96. The van der Waals surface area contributed by atoms with Gasteiger partial charge >= 0.3 is 0 Å². The minimum absolute atomic E-state index is 0.761. The Morgan fingerprint density at radius 2 is 1.45 bits per heavy atom. The maximum absolute atomic E-state index is 4.28. The molecule has 0 amide bonds. The Kier molecular flexibility index (Phi) is 7.06. The molecule has 4 rings (SSSR count). The van der Waals surface area contributed by atoms with Crippen LogP contribution in [0.25, 0.3) is 0 Å². The molecule has 1 atom stereocenters. The molecule has 1 aromatic heterocycles. The number of piperidine rings is 1. The number of hydrogen-bond donors (Lipinski definition) is 2. The molecule has 3 aromatic rings. The van der Waals surface area contributed by atoms with E-state index in [4.69, 9.17) is 0 Å². The molecule has 0 spiro atoms. The summed E-state index contributed by atoms with van der Waals surface area (Å²) < 4.78 is 0. The first kappa shape index (κ1) is 19.8. The van der Waals surface area contributed by atoms with Gasteiger partial charge in [-0.05, 0) is 11.6 Å². The summed E-state index contributed by atoms with van der Waals surface area (Å²) in [5, 5.41) is 0. The number of aromatic nitrogens is 1. The molecule has 0 saturated carbocycles. The van der Waals surface area contributed by atoms with Gasteiger partial charge in [0.2, 0.25) is 0 Å². The Hall–Kier alpha value is -2.49. The summed E-state index contributed by atoms with van der Waals surface area (Å²) >= 11 is 0. The lowest BCUT2D eigenvalue weighted by molar-refractivity contribution is -0.970. The summed E-state index contributed by atoms with van der Waals surface area (Å²) in [6.07, 6.45) is 7.67. The summed E-state index contributed by atoms with van der Waals surface area (Å²) in [5.41, 5.74) is 4.27. The summed E-state index contributed by atoms with van der Waals surface area (Å²) in [6.45, 7) is 5.99. The smallest absolute Gasteiger partial charge is 0.104 e. The zero-order valence-corrected chi connectivity index (χ0v) is 17.3. The molecule has 1 aliphatic rings. The van der Waals surface area contributed by atoms with Gasteiger partial charge in [0.25, 0.3) is 0 Å². The fraction of sp³-hybridized carbons (Fsp3) is 0.346. The van der Waals surface area contributed by atoms with Crippen LogP contribution < -0.4 is 9.80 Å². The first-order valence-corrected chi connectivity index (χ1v) is 11.0. The third-order valence-corrected chi connectivity index (χ3v) is 6.30. The molecule has 3 nitrogen and oxygen atoms in total. The SMILES string of the molecule is c1ccc(CC[NH+](Cc2ccccc2)C2CC[NH+](Cc3cccnc3)CC2)cc1. The lowest BCUT2D eigenvalue weighted by Crippen LogP contribution is -3.19. The van der Waals surface area contributed by atoms with Crippen molar-refractivity contribution in [3.63, 3.8) is 0 Å². The second-order valence-electron chi connectivity index (χ2n) is 8.37. The molecule has 29 heavy (non-hydrogen) atoms. The molecule has 0 bridgehead atoms. The van der Waals surface area contributed by atoms with Crippen LogP contribution in [0.3, 0.4) is 0 Å². The van der Waals surface area contributed by atoms with Crippen molar-refractivity contribution in [3.05, 3.63) is 102 Å². The molecule has 0 radical (unpaired) electrons. The number of rotatable bonds is 8. The van der Waals surface area contributed by atoms with Gasteiger partial charge in [-0.25, -0.2) is 0 Å². The summed E-state index contributed by atoms with van der Waals surface area (Å²) in [5.74, 6) is 0. The van der Waals surface area contributed by atoms with Crippen LogP contribution in [0.4, 0.5) is 0 Å². The molecule has 2 N–H and O–H groups in total. The van der Waals surface area contributed by atoms with E-state index in [0.29, 0.717) is 0 Å². The third kappa shape index (κ3) is 5.99. The summed E-state index contributed by atoms with van der Waals surface area (Å²) in [7, 11) is 0. The van der Waals surface area contributed by atoms with Crippen molar-refractivity contribution < 1.29 is 9.80 Å². The molecular formula is C26H33N3+2. The van der Waals surface area contributed by atoms with Gasteiger partial charge in [0.1, 0.15) is 13.1 Å². The van der Waals surface area contributed by atoms with Crippen LogP contribution in [-0.2, 0) is 19.5 Å². The highest BCUT2D eigenvalue weighted by Crippen LogP contribution is 2.03. The predicted molar refractivity (Wildman–Crippen MR) is 118 cm³/mol. The number of quaternary nitrogens is 2. The monoisotopic (exact) mass is 387 g/mol. The minimum Gasteiger partial charge on any atom is -0.331 e. The van der Waals surface area contributed by atoms with E-state index in [-0.39, 0.29) is 0 Å². The third-order valence-electron chi connectivity index (χ3n) is 6.30. The molecule has 1 saturated heterocycles. The molecule has 150 valence electrons. The first-order valence-electron chi connectivity index (χ1n) is 11.0. The minimum atomic E-state index is 0.761. The topological polar surface area (TPSA) is 21.8 Å². The van der Waals surface area contributed by atoms with Crippen molar-refractivity contribution >= 4 is 0 Å². The average Bonchev–Trinajstić information content (AvgIpc) is 2.79. The highest BCUT2D eigenvalue weighted by Gasteiger charge is 2.30. The van der Waals surface area contributed by atoms with Crippen LogP contribution in [0, 0.1) is 0 Å². The zero-order valence-electron chi connectivity index (χ0n) is 17.3. The number of nitrogens with one attached hydrogen (secondary N) is 2. The number of likely N-dealkylation sites (tertiary alicyclic amines) is 1. The molecular weight excluding hydrogens is 354 g/mol. The van der Waals surface area contributed by atoms with Gasteiger partial charge in [-0.15, -0.1) is 0 Å². The first-order chi connectivity index (χ1) is 14.4. The van der Waals surface area contributed by atoms with Crippen molar-refractivity contribution in [3.8, 4) is 0 Å². The number of nitrogens with zero attached hydrogens (tertiary/aromatic N) is 1. The standard InChI is InChI=1S/C26H31N3/c1-3-8-23(9-4-1)13-19-29(22-24-10-5-2-6-11-24)26-14-17-28(18-15-26)21-25-12-7-16-27-20-25/h1-12,16,20,26H,13-15,17-19,21-22H2/p+2. The second kappa shape index (κ2) is 10.3. The summed E-state index contributed by atoms with van der Waals surface area (Å²) in [4.78, 5) is 7.73. The summed E-state index contributed by atoms with van der Waals surface area (Å²) in [6, 6.07) is 27.0. The Bertz CT molecular complexity index is 828. The van der Waals surface area contributed by atoms with Crippen LogP contribution in [0.5, 0.6) is 0 Å². The molecule has 2 heterocycles. The van der Waals surface area contributed by atoms with E-state index < -0.39 is 0 Å². The number of hydrogen-bond acceptors (Lipinski definition) is 1. The van der Waals surface area contributed by atoms with Crippen LogP contribution in [0.2, 0.25) is 0 Å². The van der Waals surface area contributed by atoms with Crippen molar-refractivity contribution in [1.29, 1.82) is 0 Å². The quantitative estimate of drug-likeness (QED) is 0.606. The average molecular weight is 388 g/mol. The van der Waals surface area contributed by atoms with E-state index in [2.05, 4.69) is 77.8 Å². The Balaban J connectivity index is 1.36. The van der Waals surface area contributed by atoms with Gasteiger partial charge in [-0.1, -0.05) is 66.7 Å². The van der Waals surface area contributed by atoms with Crippen molar-refractivity contribution in [1.82, 2.24) is 4.98 Å². The maximum Gasteiger partial charge on any atom is 0.104 e. The van der Waals surface area contributed by atoms with Crippen molar-refractivity contribution in [2.24, 2.45) is 0 Å². The van der Waals surface area contributed by atoms with Gasteiger partial charge in [-0.2, -0.15) is 0 Å². The fourth-order valence-corrected chi connectivity index (χ4v) is 4.65. The van der Waals surface area contributed by atoms with Crippen molar-refractivity contribution in [2.75, 3.05) is 19.6 Å². The van der Waals surface area contributed by atoms with E-state index in [1.807, 2.05) is 12.4 Å². The van der Waals surface area contributed by atoms with Crippen molar-refractivity contribution in [2.45, 2.75) is 38.4 Å². The second-order valence-corrected chi connectivity index (χ2v) is 8.37. The molecule has 2 aromatic carbocycles. The van der Waals surface area contributed by atoms with Gasteiger partial charge in [0.05, 0.1) is 25.7 Å². The highest BCUT2D eigenvalue weighted by molar-refractivity contribution is 5.15. The van der Waals surface area contributed by atoms with Gasteiger partial charge in [0.15, 0.2) is 0 Å². The molecule has 0 aliphatic carbocycles. The number of benzene rings is 2. The van der Waals surface area contributed by atoms with Crippen LogP contribution in [-0.4, -0.2) is 30.7 Å². The Morgan fingerprint density at radius 3 is 2.10 bits per heavy atom. The molecule has 1 aliphatic heterocycles. The normalized spacial score (nSPS) is 20.3. The Morgan fingerprint density at radius 1 is 0.793 bits per heavy atom. The van der Waals surface area contributed by atoms with E-state index in [9.17, 15) is 0 Å². The lowest BCUT2D eigenvalue weighted by Gasteiger charge is -2.34. The molecule has 1 fully saturated rings. The van der Waals surface area contributed by atoms with E-state index in [1.54, 1.807) is 9.80 Å². The largest absolute Gasteiger partial charge is 0.331 e. The van der Waals surface area contributed by atoms with Gasteiger partial charge in [0, 0.05) is 42.8 Å². The fourth-order valence-electron chi connectivity index (χ4n) is 4.65. The van der Waals surface area contributed by atoms with Gasteiger partial charge < -0.3 is 9.80 Å². The molecule has 3 heteroatoms. The van der Waals surface area contributed by atoms with Gasteiger partial charge in [-0.3, -0.25) is 4.98 Å². The zero-order chi connectivity index (χ0) is 19.7. The van der Waals surface area contributed by atoms with E-state index in [0.717, 1.165) is 25.6 Å². The van der Waals surface area contributed by atoms with Crippen LogP contribution >= 0.6 is 0 Å². The van der Waals surface area contributed by atoms with Crippen LogP contribution in [0.1, 0.15) is 29.5 Å². The van der Waals surface area contributed by atoms with Crippen LogP contribution in [0.15, 0.2) is 85.2 Å².